The maximum Gasteiger partial charge on any atom is 0.189 e. The average molecular weight is 287 g/mol. The molecule has 3 N–H and O–H groups in total. The number of fused-ring (bicyclic) bond motifs is 1. The van der Waals surface area contributed by atoms with E-state index < -0.39 is 0 Å². The minimum Gasteiger partial charge on any atom is -0.494 e. The Morgan fingerprint density at radius 2 is 2.20 bits per heavy atom. The third-order valence-corrected chi connectivity index (χ3v) is 3.53. The van der Waals surface area contributed by atoms with Crippen LogP contribution in [0.15, 0.2) is 30.6 Å². The SMILES string of the molecule is CCOc1ccc2nc(Nc3cc(N)ncn3)sc2c1. The fourth-order valence-corrected chi connectivity index (χ4v) is 2.67. The van der Waals surface area contributed by atoms with Gasteiger partial charge >= 0.3 is 0 Å². The molecule has 3 rings (SSSR count). The molecular weight excluding hydrogens is 274 g/mol. The van der Waals surface area contributed by atoms with Crippen molar-refractivity contribution in [2.24, 2.45) is 0 Å². The summed E-state index contributed by atoms with van der Waals surface area (Å²) < 4.78 is 6.53. The van der Waals surface area contributed by atoms with Gasteiger partial charge in [-0.2, -0.15) is 0 Å². The van der Waals surface area contributed by atoms with Crippen LogP contribution in [-0.4, -0.2) is 21.6 Å². The second kappa shape index (κ2) is 5.30. The summed E-state index contributed by atoms with van der Waals surface area (Å²) in [6, 6.07) is 7.50. The molecule has 20 heavy (non-hydrogen) atoms. The number of aromatic nitrogens is 3. The third-order valence-electron chi connectivity index (χ3n) is 2.59. The lowest BCUT2D eigenvalue weighted by Crippen LogP contribution is -1.96. The van der Waals surface area contributed by atoms with Gasteiger partial charge in [0.05, 0.1) is 16.8 Å². The van der Waals surface area contributed by atoms with Crippen molar-refractivity contribution in [3.8, 4) is 5.75 Å². The smallest absolute Gasteiger partial charge is 0.189 e. The second-order valence-electron chi connectivity index (χ2n) is 4.03. The van der Waals surface area contributed by atoms with Crippen molar-refractivity contribution in [2.75, 3.05) is 17.7 Å². The molecule has 0 radical (unpaired) electrons. The number of benzene rings is 1. The molecule has 102 valence electrons. The van der Waals surface area contributed by atoms with Crippen molar-refractivity contribution in [3.05, 3.63) is 30.6 Å². The molecule has 0 aliphatic heterocycles. The molecule has 1 aromatic carbocycles. The van der Waals surface area contributed by atoms with Crippen LogP contribution < -0.4 is 15.8 Å². The highest BCUT2D eigenvalue weighted by Crippen LogP contribution is 2.30. The van der Waals surface area contributed by atoms with Crippen LogP contribution in [0, 0.1) is 0 Å². The minimum absolute atomic E-state index is 0.419. The molecule has 2 heterocycles. The fraction of sp³-hybridized carbons (Fsp3) is 0.154. The predicted octanol–water partition coefficient (Wildman–Crippen LogP) is 2.81. The third kappa shape index (κ3) is 2.62. The molecule has 0 bridgehead atoms. The molecule has 0 atom stereocenters. The van der Waals surface area contributed by atoms with E-state index >= 15 is 0 Å². The lowest BCUT2D eigenvalue weighted by atomic mass is 10.3. The Hall–Kier alpha value is -2.41. The largest absolute Gasteiger partial charge is 0.494 e. The molecule has 0 spiro atoms. The molecule has 0 saturated heterocycles. The maximum absolute atomic E-state index is 5.62. The highest BCUT2D eigenvalue weighted by atomic mass is 32.1. The molecule has 0 fully saturated rings. The Kier molecular flexibility index (Phi) is 3.34. The summed E-state index contributed by atoms with van der Waals surface area (Å²) in [7, 11) is 0. The number of nitrogens with zero attached hydrogens (tertiary/aromatic N) is 3. The first kappa shape index (κ1) is 12.6. The average Bonchev–Trinajstić information content (AvgIpc) is 2.80. The number of hydrogen-bond donors (Lipinski definition) is 2. The minimum atomic E-state index is 0.419. The molecule has 0 unspecified atom stereocenters. The van der Waals surface area contributed by atoms with Crippen LogP contribution in [0.25, 0.3) is 10.2 Å². The van der Waals surface area contributed by atoms with Gasteiger partial charge in [0.25, 0.3) is 0 Å². The van der Waals surface area contributed by atoms with Gasteiger partial charge in [-0.05, 0) is 25.1 Å². The van der Waals surface area contributed by atoms with Crippen LogP contribution in [-0.2, 0) is 0 Å². The van der Waals surface area contributed by atoms with Crippen LogP contribution in [0.4, 0.5) is 16.8 Å². The van der Waals surface area contributed by atoms with E-state index in [0.717, 1.165) is 21.1 Å². The summed E-state index contributed by atoms with van der Waals surface area (Å²) in [6.45, 7) is 2.61. The van der Waals surface area contributed by atoms with Crippen molar-refractivity contribution in [2.45, 2.75) is 6.92 Å². The van der Waals surface area contributed by atoms with Gasteiger partial charge in [-0.25, -0.2) is 15.0 Å². The van der Waals surface area contributed by atoms with Crippen LogP contribution in [0.5, 0.6) is 5.75 Å². The zero-order chi connectivity index (χ0) is 13.9. The number of nitrogen functional groups attached to an aromatic ring is 1. The summed E-state index contributed by atoms with van der Waals surface area (Å²) in [4.78, 5) is 12.4. The first-order valence-corrected chi connectivity index (χ1v) is 6.94. The number of hydrogen-bond acceptors (Lipinski definition) is 7. The van der Waals surface area contributed by atoms with Gasteiger partial charge in [0.1, 0.15) is 23.7 Å². The van der Waals surface area contributed by atoms with Crippen LogP contribution >= 0.6 is 11.3 Å². The summed E-state index contributed by atoms with van der Waals surface area (Å²) in [5.74, 6) is 1.89. The zero-order valence-electron chi connectivity index (χ0n) is 10.8. The highest BCUT2D eigenvalue weighted by molar-refractivity contribution is 7.22. The Morgan fingerprint density at radius 3 is 3.00 bits per heavy atom. The second-order valence-corrected chi connectivity index (χ2v) is 5.07. The zero-order valence-corrected chi connectivity index (χ0v) is 11.6. The molecule has 6 nitrogen and oxygen atoms in total. The standard InChI is InChI=1S/C13H13N5OS/c1-2-19-8-3-4-9-10(5-8)20-13(17-9)18-12-6-11(14)15-7-16-12/h3-7H,2H2,1H3,(H3,14,15,16,17,18). The summed E-state index contributed by atoms with van der Waals surface area (Å²) in [5, 5.41) is 3.88. The first-order chi connectivity index (χ1) is 9.74. The quantitative estimate of drug-likeness (QED) is 0.767. The lowest BCUT2D eigenvalue weighted by Gasteiger charge is -2.00. The molecule has 0 saturated carbocycles. The van der Waals surface area contributed by atoms with Gasteiger partial charge in [0.15, 0.2) is 5.13 Å². The monoisotopic (exact) mass is 287 g/mol. The van der Waals surface area contributed by atoms with Crippen LogP contribution in [0.1, 0.15) is 6.92 Å². The van der Waals surface area contributed by atoms with Crippen LogP contribution in [0.2, 0.25) is 0 Å². The maximum atomic E-state index is 5.62. The number of nitrogens with two attached hydrogens (primary N) is 1. The van der Waals surface area contributed by atoms with Gasteiger partial charge in [-0.15, -0.1) is 0 Å². The van der Waals surface area contributed by atoms with Crippen molar-refractivity contribution < 1.29 is 4.74 Å². The molecular formula is C13H13N5OS. The van der Waals surface area contributed by atoms with E-state index in [0.29, 0.717) is 18.2 Å². The van der Waals surface area contributed by atoms with E-state index in [-0.39, 0.29) is 0 Å². The van der Waals surface area contributed by atoms with Crippen molar-refractivity contribution >= 4 is 38.3 Å². The number of anilines is 3. The molecule has 0 aliphatic rings. The van der Waals surface area contributed by atoms with E-state index in [1.807, 2.05) is 25.1 Å². The predicted molar refractivity (Wildman–Crippen MR) is 80.5 cm³/mol. The molecule has 0 aliphatic carbocycles. The Labute approximate surface area is 119 Å². The van der Waals surface area contributed by atoms with E-state index in [4.69, 9.17) is 10.5 Å². The van der Waals surface area contributed by atoms with Crippen molar-refractivity contribution in [1.29, 1.82) is 0 Å². The lowest BCUT2D eigenvalue weighted by molar-refractivity contribution is 0.341. The molecule has 7 heteroatoms. The molecule has 3 aromatic rings. The Bertz CT molecular complexity index is 742. The van der Waals surface area contributed by atoms with E-state index in [1.54, 1.807) is 6.07 Å². The van der Waals surface area contributed by atoms with Gasteiger partial charge in [0.2, 0.25) is 0 Å². The number of nitrogens with one attached hydrogen (secondary N) is 1. The summed E-state index contributed by atoms with van der Waals surface area (Å²) in [5.41, 5.74) is 6.54. The normalized spacial score (nSPS) is 10.7. The van der Waals surface area contributed by atoms with Crippen LogP contribution in [0.3, 0.4) is 0 Å². The van der Waals surface area contributed by atoms with Gasteiger partial charge < -0.3 is 15.8 Å². The van der Waals surface area contributed by atoms with Crippen molar-refractivity contribution in [1.82, 2.24) is 15.0 Å². The van der Waals surface area contributed by atoms with Gasteiger partial charge in [-0.3, -0.25) is 0 Å². The van der Waals surface area contributed by atoms with Gasteiger partial charge in [0, 0.05) is 6.07 Å². The fourth-order valence-electron chi connectivity index (χ4n) is 1.77. The molecule has 2 aromatic heterocycles. The van der Waals surface area contributed by atoms with Gasteiger partial charge in [-0.1, -0.05) is 11.3 Å². The first-order valence-electron chi connectivity index (χ1n) is 6.12. The van der Waals surface area contributed by atoms with E-state index in [2.05, 4.69) is 20.3 Å². The summed E-state index contributed by atoms with van der Waals surface area (Å²) in [6.07, 6.45) is 1.41. The molecule has 0 amide bonds. The number of rotatable bonds is 4. The van der Waals surface area contributed by atoms with E-state index in [9.17, 15) is 0 Å². The van der Waals surface area contributed by atoms with Crippen molar-refractivity contribution in [3.63, 3.8) is 0 Å². The topological polar surface area (TPSA) is 86.0 Å². The Balaban J connectivity index is 1.89. The summed E-state index contributed by atoms with van der Waals surface area (Å²) >= 11 is 1.53. The number of ether oxygens (including phenoxy) is 1. The number of thiazole rings is 1. The Morgan fingerprint density at radius 1 is 1.30 bits per heavy atom. The van der Waals surface area contributed by atoms with E-state index in [1.165, 1.54) is 17.7 Å². The highest BCUT2D eigenvalue weighted by Gasteiger charge is 2.06.